The average Bonchev–Trinajstić information content (AvgIpc) is 2.51. The lowest BCUT2D eigenvalue weighted by molar-refractivity contribution is 0.0966. The van der Waals surface area contributed by atoms with Crippen LogP contribution in [0.15, 0.2) is 10.5 Å². The maximum absolute atomic E-state index is 12.2. The molecule has 94 valence electrons. The summed E-state index contributed by atoms with van der Waals surface area (Å²) in [4.78, 5) is 12.2. The van der Waals surface area contributed by atoms with E-state index in [0.717, 1.165) is 30.0 Å². The van der Waals surface area contributed by atoms with Gasteiger partial charge < -0.3 is 9.73 Å². The number of ketones is 1. The Bertz CT molecular complexity index is 387. The predicted molar refractivity (Wildman–Crippen MR) is 67.4 cm³/mol. The highest BCUT2D eigenvalue weighted by molar-refractivity contribution is 5.97. The fourth-order valence-corrected chi connectivity index (χ4v) is 2.52. The Balaban J connectivity index is 1.98. The minimum absolute atomic E-state index is 0.207. The van der Waals surface area contributed by atoms with Crippen LogP contribution in [0.25, 0.3) is 0 Å². The smallest absolute Gasteiger partial charge is 0.167 e. The number of furan rings is 1. The second kappa shape index (κ2) is 5.50. The Kier molecular flexibility index (Phi) is 4.00. The van der Waals surface area contributed by atoms with Crippen LogP contribution in [0, 0.1) is 13.8 Å². The molecule has 1 N–H and O–H groups in total. The van der Waals surface area contributed by atoms with Crippen molar-refractivity contribution in [3.05, 3.63) is 23.2 Å². The molecule has 3 heteroatoms. The molecule has 0 spiro atoms. The van der Waals surface area contributed by atoms with Crippen LogP contribution < -0.4 is 5.32 Å². The molecule has 0 aromatic carbocycles. The van der Waals surface area contributed by atoms with E-state index in [1.807, 2.05) is 19.9 Å². The van der Waals surface area contributed by atoms with E-state index in [0.29, 0.717) is 12.5 Å². The number of rotatable bonds is 3. The van der Waals surface area contributed by atoms with Gasteiger partial charge in [0.2, 0.25) is 0 Å². The molecule has 1 aliphatic rings. The molecular formula is C14H21NO2. The fraction of sp³-hybridized carbons (Fsp3) is 0.643. The van der Waals surface area contributed by atoms with Crippen LogP contribution >= 0.6 is 0 Å². The molecule has 2 rings (SSSR count). The van der Waals surface area contributed by atoms with Crippen LogP contribution in [0.5, 0.6) is 0 Å². The summed E-state index contributed by atoms with van der Waals surface area (Å²) < 4.78 is 5.41. The first-order valence-electron chi connectivity index (χ1n) is 6.50. The molecule has 1 aromatic rings. The van der Waals surface area contributed by atoms with Crippen LogP contribution in [0.2, 0.25) is 0 Å². The lowest BCUT2D eigenvalue weighted by atomic mass is 10.0. The number of aryl methyl sites for hydroxylation is 2. The molecule has 0 saturated carbocycles. The van der Waals surface area contributed by atoms with E-state index < -0.39 is 0 Å². The molecule has 2 heterocycles. The van der Waals surface area contributed by atoms with Crippen molar-refractivity contribution in [1.82, 2.24) is 5.32 Å². The Morgan fingerprint density at radius 3 is 2.94 bits per heavy atom. The summed E-state index contributed by atoms with van der Waals surface area (Å²) in [6.45, 7) is 4.79. The molecule has 1 saturated heterocycles. The standard InChI is InChI=1S/C14H21NO2/c1-10-8-13(11(2)17-10)14(16)9-12-6-4-3-5-7-15-12/h8,12,15H,3-7,9H2,1-2H3. The van der Waals surface area contributed by atoms with Gasteiger partial charge in [0, 0.05) is 12.5 Å². The van der Waals surface area contributed by atoms with Crippen molar-refractivity contribution in [3.8, 4) is 0 Å². The molecule has 17 heavy (non-hydrogen) atoms. The zero-order valence-electron chi connectivity index (χ0n) is 10.7. The Morgan fingerprint density at radius 1 is 1.41 bits per heavy atom. The lowest BCUT2D eigenvalue weighted by Crippen LogP contribution is -2.30. The normalized spacial score (nSPS) is 21.2. The summed E-state index contributed by atoms with van der Waals surface area (Å²) in [6, 6.07) is 2.20. The predicted octanol–water partition coefficient (Wildman–Crippen LogP) is 3.00. The van der Waals surface area contributed by atoms with E-state index in [1.165, 1.54) is 19.3 Å². The molecular weight excluding hydrogens is 214 g/mol. The van der Waals surface area contributed by atoms with Gasteiger partial charge in [-0.05, 0) is 39.3 Å². The number of carbonyl (C=O) groups is 1. The summed E-state index contributed by atoms with van der Waals surface area (Å²) in [5, 5.41) is 3.46. The summed E-state index contributed by atoms with van der Waals surface area (Å²) in [7, 11) is 0. The number of carbonyl (C=O) groups excluding carboxylic acids is 1. The van der Waals surface area contributed by atoms with Gasteiger partial charge in [-0.15, -0.1) is 0 Å². The van der Waals surface area contributed by atoms with Crippen LogP contribution in [0.3, 0.4) is 0 Å². The van der Waals surface area contributed by atoms with Gasteiger partial charge in [-0.1, -0.05) is 12.8 Å². The summed E-state index contributed by atoms with van der Waals surface area (Å²) >= 11 is 0. The molecule has 1 unspecified atom stereocenters. The second-order valence-electron chi connectivity index (χ2n) is 4.95. The van der Waals surface area contributed by atoms with Gasteiger partial charge in [0.05, 0.1) is 5.56 Å². The van der Waals surface area contributed by atoms with Crippen molar-refractivity contribution < 1.29 is 9.21 Å². The number of hydrogen-bond donors (Lipinski definition) is 1. The third-order valence-corrected chi connectivity index (χ3v) is 3.44. The Hall–Kier alpha value is -1.09. The van der Waals surface area contributed by atoms with Crippen LogP contribution in [0.1, 0.15) is 54.0 Å². The van der Waals surface area contributed by atoms with E-state index in [1.54, 1.807) is 0 Å². The van der Waals surface area contributed by atoms with Crippen molar-refractivity contribution in [2.45, 2.75) is 52.0 Å². The first kappa shape index (κ1) is 12.4. The van der Waals surface area contributed by atoms with Crippen molar-refractivity contribution in [2.75, 3.05) is 6.54 Å². The molecule has 0 radical (unpaired) electrons. The molecule has 1 fully saturated rings. The Morgan fingerprint density at radius 2 is 2.24 bits per heavy atom. The zero-order valence-corrected chi connectivity index (χ0v) is 10.7. The van der Waals surface area contributed by atoms with Gasteiger partial charge in [-0.25, -0.2) is 0 Å². The first-order valence-corrected chi connectivity index (χ1v) is 6.50. The van der Waals surface area contributed by atoms with E-state index in [9.17, 15) is 4.79 Å². The minimum atomic E-state index is 0.207. The van der Waals surface area contributed by atoms with E-state index in [2.05, 4.69) is 5.32 Å². The number of nitrogens with one attached hydrogen (secondary N) is 1. The highest BCUT2D eigenvalue weighted by Crippen LogP contribution is 2.18. The van der Waals surface area contributed by atoms with Gasteiger partial charge in [-0.3, -0.25) is 4.79 Å². The van der Waals surface area contributed by atoms with Crippen LogP contribution in [0.4, 0.5) is 0 Å². The van der Waals surface area contributed by atoms with E-state index in [-0.39, 0.29) is 5.78 Å². The number of hydrogen-bond acceptors (Lipinski definition) is 3. The summed E-state index contributed by atoms with van der Waals surface area (Å²) in [5.74, 6) is 1.78. The molecule has 0 aliphatic carbocycles. The van der Waals surface area contributed by atoms with Crippen molar-refractivity contribution in [3.63, 3.8) is 0 Å². The number of Topliss-reactive ketones (excluding diaryl/α,β-unsaturated/α-hetero) is 1. The summed E-state index contributed by atoms with van der Waals surface area (Å²) in [6.07, 6.45) is 5.45. The maximum Gasteiger partial charge on any atom is 0.167 e. The van der Waals surface area contributed by atoms with Crippen LogP contribution in [-0.2, 0) is 0 Å². The quantitative estimate of drug-likeness (QED) is 0.819. The SMILES string of the molecule is Cc1cc(C(=O)CC2CCCCCN2)c(C)o1. The molecule has 0 bridgehead atoms. The molecule has 1 atom stereocenters. The summed E-state index contributed by atoms with van der Waals surface area (Å²) in [5.41, 5.74) is 0.758. The second-order valence-corrected chi connectivity index (χ2v) is 4.95. The zero-order chi connectivity index (χ0) is 12.3. The molecule has 3 nitrogen and oxygen atoms in total. The van der Waals surface area contributed by atoms with Gasteiger partial charge in [0.15, 0.2) is 5.78 Å². The first-order chi connectivity index (χ1) is 8.16. The van der Waals surface area contributed by atoms with Gasteiger partial charge in [0.1, 0.15) is 11.5 Å². The maximum atomic E-state index is 12.2. The highest BCUT2D eigenvalue weighted by Gasteiger charge is 2.19. The topological polar surface area (TPSA) is 42.2 Å². The fourth-order valence-electron chi connectivity index (χ4n) is 2.52. The monoisotopic (exact) mass is 235 g/mol. The largest absolute Gasteiger partial charge is 0.466 e. The van der Waals surface area contributed by atoms with Crippen molar-refractivity contribution in [1.29, 1.82) is 0 Å². The van der Waals surface area contributed by atoms with E-state index >= 15 is 0 Å². The third kappa shape index (κ3) is 3.19. The molecule has 0 amide bonds. The van der Waals surface area contributed by atoms with Crippen molar-refractivity contribution >= 4 is 5.78 Å². The van der Waals surface area contributed by atoms with Crippen molar-refractivity contribution in [2.24, 2.45) is 0 Å². The third-order valence-electron chi connectivity index (χ3n) is 3.44. The Labute approximate surface area is 103 Å². The van der Waals surface area contributed by atoms with Gasteiger partial charge in [-0.2, -0.15) is 0 Å². The van der Waals surface area contributed by atoms with Gasteiger partial charge >= 0.3 is 0 Å². The molecule has 1 aromatic heterocycles. The van der Waals surface area contributed by atoms with E-state index in [4.69, 9.17) is 4.42 Å². The van der Waals surface area contributed by atoms with Crippen LogP contribution in [-0.4, -0.2) is 18.4 Å². The van der Waals surface area contributed by atoms with Gasteiger partial charge in [0.25, 0.3) is 0 Å². The minimum Gasteiger partial charge on any atom is -0.466 e. The molecule has 1 aliphatic heterocycles. The highest BCUT2D eigenvalue weighted by atomic mass is 16.3. The lowest BCUT2D eigenvalue weighted by Gasteiger charge is -2.14. The average molecular weight is 235 g/mol.